The van der Waals surface area contributed by atoms with Gasteiger partial charge in [-0.05, 0) is 32.1 Å². The SMILES string of the molecule is CN(CCCCCO)C(=O)NCCCCCCC(=O)O. The van der Waals surface area contributed by atoms with E-state index >= 15 is 0 Å². The van der Waals surface area contributed by atoms with Gasteiger partial charge in [-0.25, -0.2) is 4.79 Å². The van der Waals surface area contributed by atoms with Crippen molar-refractivity contribution in [1.29, 1.82) is 0 Å². The molecule has 0 aliphatic heterocycles. The van der Waals surface area contributed by atoms with Gasteiger partial charge in [0.2, 0.25) is 0 Å². The highest BCUT2D eigenvalue weighted by Gasteiger charge is 2.06. The van der Waals surface area contributed by atoms with Gasteiger partial charge in [-0.3, -0.25) is 4.79 Å². The molecule has 118 valence electrons. The lowest BCUT2D eigenvalue weighted by Crippen LogP contribution is -2.38. The normalized spacial score (nSPS) is 10.3. The van der Waals surface area contributed by atoms with Crippen LogP contribution >= 0.6 is 0 Å². The Morgan fingerprint density at radius 2 is 1.65 bits per heavy atom. The third-order valence-electron chi connectivity index (χ3n) is 3.09. The fraction of sp³-hybridized carbons (Fsp3) is 0.857. The number of rotatable bonds is 12. The van der Waals surface area contributed by atoms with E-state index in [2.05, 4.69) is 5.32 Å². The second kappa shape index (κ2) is 12.7. The zero-order chi connectivity index (χ0) is 15.2. The third kappa shape index (κ3) is 11.8. The average molecular weight is 288 g/mol. The van der Waals surface area contributed by atoms with Gasteiger partial charge in [0.15, 0.2) is 0 Å². The van der Waals surface area contributed by atoms with E-state index in [0.29, 0.717) is 19.5 Å². The summed E-state index contributed by atoms with van der Waals surface area (Å²) >= 11 is 0. The summed E-state index contributed by atoms with van der Waals surface area (Å²) in [6.45, 7) is 1.54. The largest absolute Gasteiger partial charge is 0.481 e. The Balaban J connectivity index is 3.40. The number of urea groups is 1. The molecule has 0 radical (unpaired) electrons. The smallest absolute Gasteiger partial charge is 0.317 e. The highest BCUT2D eigenvalue weighted by molar-refractivity contribution is 5.73. The van der Waals surface area contributed by atoms with Crippen LogP contribution in [0, 0.1) is 0 Å². The standard InChI is InChI=1S/C14H28N2O4/c1-16(11-7-4-8-12-17)14(20)15-10-6-3-2-5-9-13(18)19/h17H,2-12H2,1H3,(H,15,20)(H,18,19). The van der Waals surface area contributed by atoms with Crippen molar-refractivity contribution in [2.24, 2.45) is 0 Å². The fourth-order valence-electron chi connectivity index (χ4n) is 1.82. The lowest BCUT2D eigenvalue weighted by atomic mass is 10.1. The minimum absolute atomic E-state index is 0.0699. The van der Waals surface area contributed by atoms with Crippen LogP contribution in [0.1, 0.15) is 51.4 Å². The molecule has 0 aliphatic carbocycles. The summed E-state index contributed by atoms with van der Waals surface area (Å²) in [7, 11) is 1.77. The van der Waals surface area contributed by atoms with Gasteiger partial charge in [-0.2, -0.15) is 0 Å². The summed E-state index contributed by atoms with van der Waals surface area (Å²) in [6, 6.07) is -0.0699. The molecule has 0 rings (SSSR count). The first-order valence-electron chi connectivity index (χ1n) is 7.39. The number of carboxylic acids is 1. The Labute approximate surface area is 121 Å². The van der Waals surface area contributed by atoms with E-state index in [4.69, 9.17) is 10.2 Å². The molecule has 0 aromatic carbocycles. The number of hydrogen-bond acceptors (Lipinski definition) is 3. The van der Waals surface area contributed by atoms with Gasteiger partial charge in [0.1, 0.15) is 0 Å². The molecule has 6 heteroatoms. The van der Waals surface area contributed by atoms with E-state index in [1.807, 2.05) is 0 Å². The molecule has 20 heavy (non-hydrogen) atoms. The average Bonchev–Trinajstić information content (AvgIpc) is 2.41. The minimum atomic E-state index is -0.749. The first kappa shape index (κ1) is 18.7. The lowest BCUT2D eigenvalue weighted by molar-refractivity contribution is -0.137. The number of hydrogen-bond donors (Lipinski definition) is 3. The van der Waals surface area contributed by atoms with Crippen LogP contribution in [0.15, 0.2) is 0 Å². The number of unbranched alkanes of at least 4 members (excludes halogenated alkanes) is 5. The van der Waals surface area contributed by atoms with Crippen LogP contribution in [-0.2, 0) is 4.79 Å². The van der Waals surface area contributed by atoms with Crippen LogP contribution in [-0.4, -0.2) is 53.9 Å². The summed E-state index contributed by atoms with van der Waals surface area (Å²) in [5.74, 6) is -0.749. The van der Waals surface area contributed by atoms with Gasteiger partial charge >= 0.3 is 12.0 Å². The summed E-state index contributed by atoms with van der Waals surface area (Å²) in [5, 5.41) is 20.0. The van der Waals surface area contributed by atoms with E-state index < -0.39 is 5.97 Å². The maximum atomic E-state index is 11.7. The van der Waals surface area contributed by atoms with Crippen molar-refractivity contribution in [3.05, 3.63) is 0 Å². The molecule has 0 aromatic rings. The molecule has 0 spiro atoms. The third-order valence-corrected chi connectivity index (χ3v) is 3.09. The van der Waals surface area contributed by atoms with Gasteiger partial charge < -0.3 is 20.4 Å². The highest BCUT2D eigenvalue weighted by Crippen LogP contribution is 2.02. The van der Waals surface area contributed by atoms with Crippen molar-refractivity contribution in [3.63, 3.8) is 0 Å². The molecular formula is C14H28N2O4. The molecule has 0 fully saturated rings. The van der Waals surface area contributed by atoms with E-state index in [9.17, 15) is 9.59 Å². The van der Waals surface area contributed by atoms with Crippen LogP contribution in [0.3, 0.4) is 0 Å². The number of amides is 2. The topological polar surface area (TPSA) is 89.9 Å². The van der Waals surface area contributed by atoms with Crippen LogP contribution in [0.25, 0.3) is 0 Å². The Morgan fingerprint density at radius 3 is 2.30 bits per heavy atom. The van der Waals surface area contributed by atoms with Crippen molar-refractivity contribution in [2.75, 3.05) is 26.7 Å². The second-order valence-electron chi connectivity index (χ2n) is 5.00. The van der Waals surface area contributed by atoms with Crippen molar-refractivity contribution < 1.29 is 19.8 Å². The zero-order valence-corrected chi connectivity index (χ0v) is 12.4. The number of aliphatic hydroxyl groups is 1. The van der Waals surface area contributed by atoms with Gasteiger partial charge in [-0.15, -0.1) is 0 Å². The fourth-order valence-corrected chi connectivity index (χ4v) is 1.82. The van der Waals surface area contributed by atoms with Gasteiger partial charge in [0.05, 0.1) is 0 Å². The predicted molar refractivity (Wildman–Crippen MR) is 77.7 cm³/mol. The summed E-state index contributed by atoms with van der Waals surface area (Å²) < 4.78 is 0. The Hall–Kier alpha value is -1.30. The first-order valence-corrected chi connectivity index (χ1v) is 7.39. The molecule has 2 amide bonds. The van der Waals surface area contributed by atoms with E-state index in [1.54, 1.807) is 11.9 Å². The Kier molecular flexibility index (Phi) is 11.9. The number of nitrogens with one attached hydrogen (secondary N) is 1. The second-order valence-corrected chi connectivity index (χ2v) is 5.00. The summed E-state index contributed by atoms with van der Waals surface area (Å²) in [4.78, 5) is 23.6. The van der Waals surface area contributed by atoms with Crippen LogP contribution in [0.4, 0.5) is 4.79 Å². The lowest BCUT2D eigenvalue weighted by Gasteiger charge is -2.17. The highest BCUT2D eigenvalue weighted by atomic mass is 16.4. The quantitative estimate of drug-likeness (QED) is 0.478. The van der Waals surface area contributed by atoms with Crippen LogP contribution in [0.5, 0.6) is 0 Å². The number of carbonyl (C=O) groups excluding carboxylic acids is 1. The molecule has 0 unspecified atom stereocenters. The van der Waals surface area contributed by atoms with E-state index in [1.165, 1.54) is 0 Å². The molecule has 0 saturated heterocycles. The van der Waals surface area contributed by atoms with Gasteiger partial charge in [-0.1, -0.05) is 12.8 Å². The minimum Gasteiger partial charge on any atom is -0.481 e. The molecule has 0 atom stereocenters. The number of carbonyl (C=O) groups is 2. The van der Waals surface area contributed by atoms with Gasteiger partial charge in [0.25, 0.3) is 0 Å². The maximum absolute atomic E-state index is 11.7. The molecule has 0 aromatic heterocycles. The number of aliphatic hydroxyl groups excluding tert-OH is 1. The molecular weight excluding hydrogens is 260 g/mol. The molecule has 0 saturated carbocycles. The maximum Gasteiger partial charge on any atom is 0.317 e. The molecule has 0 aliphatic rings. The Bertz CT molecular complexity index is 272. The van der Waals surface area contributed by atoms with Crippen molar-refractivity contribution >= 4 is 12.0 Å². The van der Waals surface area contributed by atoms with E-state index in [-0.39, 0.29) is 19.1 Å². The molecule has 6 nitrogen and oxygen atoms in total. The van der Waals surface area contributed by atoms with E-state index in [0.717, 1.165) is 38.5 Å². The van der Waals surface area contributed by atoms with Crippen molar-refractivity contribution in [1.82, 2.24) is 10.2 Å². The monoisotopic (exact) mass is 288 g/mol. The van der Waals surface area contributed by atoms with Crippen molar-refractivity contribution in [2.45, 2.75) is 51.4 Å². The Morgan fingerprint density at radius 1 is 1.00 bits per heavy atom. The predicted octanol–water partition coefficient (Wildman–Crippen LogP) is 1.83. The molecule has 3 N–H and O–H groups in total. The summed E-state index contributed by atoms with van der Waals surface area (Å²) in [6.07, 6.45) is 6.25. The number of nitrogens with zero attached hydrogens (tertiary/aromatic N) is 1. The van der Waals surface area contributed by atoms with Gasteiger partial charge in [0, 0.05) is 33.2 Å². The summed E-state index contributed by atoms with van der Waals surface area (Å²) in [5.41, 5.74) is 0. The van der Waals surface area contributed by atoms with Crippen LogP contribution in [0.2, 0.25) is 0 Å². The van der Waals surface area contributed by atoms with Crippen LogP contribution < -0.4 is 5.32 Å². The zero-order valence-electron chi connectivity index (χ0n) is 12.4. The molecule has 0 heterocycles. The molecule has 0 bridgehead atoms. The number of carboxylic acid groups (broad SMARTS) is 1. The first-order chi connectivity index (χ1) is 9.57. The number of aliphatic carboxylic acids is 1. The van der Waals surface area contributed by atoms with Crippen molar-refractivity contribution in [3.8, 4) is 0 Å².